The summed E-state index contributed by atoms with van der Waals surface area (Å²) in [5.74, 6) is 0. The molecular formula is C3H6ClO4P. The van der Waals surface area contributed by atoms with Crippen molar-refractivity contribution in [3.05, 3.63) is 12.7 Å². The van der Waals surface area contributed by atoms with Gasteiger partial charge in [0.2, 0.25) is 0 Å². The summed E-state index contributed by atoms with van der Waals surface area (Å²) in [5.41, 5.74) is 0. The van der Waals surface area contributed by atoms with Gasteiger partial charge in [-0.15, -0.1) is 6.58 Å². The number of phosphoric acid groups is 1. The first-order valence-corrected chi connectivity index (χ1v) is 3.81. The minimum Gasteiger partial charge on any atom is -0.302 e. The van der Waals surface area contributed by atoms with Gasteiger partial charge in [0, 0.05) is 0 Å². The predicted octanol–water partition coefficient (Wildman–Crippen LogP) is 1.46. The zero-order chi connectivity index (χ0) is 7.33. The Morgan fingerprint density at radius 3 is 2.78 bits per heavy atom. The summed E-state index contributed by atoms with van der Waals surface area (Å²) in [5, 5.41) is 0. The molecule has 0 aromatic heterocycles. The molecule has 1 atom stereocenters. The van der Waals surface area contributed by atoms with E-state index < -0.39 is 7.82 Å². The topological polar surface area (TPSA) is 55.8 Å². The number of hydrogen-bond acceptors (Lipinski definition) is 3. The molecule has 0 aromatic rings. The van der Waals surface area contributed by atoms with Crippen molar-refractivity contribution >= 4 is 19.7 Å². The van der Waals surface area contributed by atoms with Crippen LogP contribution in [-0.4, -0.2) is 11.5 Å². The first-order valence-electron chi connectivity index (χ1n) is 2.01. The van der Waals surface area contributed by atoms with Crippen LogP contribution in [0.3, 0.4) is 0 Å². The van der Waals surface area contributed by atoms with E-state index in [1.807, 2.05) is 0 Å². The first kappa shape index (κ1) is 9.14. The Labute approximate surface area is 57.8 Å². The fourth-order valence-electron chi connectivity index (χ4n) is 0.167. The lowest BCUT2D eigenvalue weighted by Crippen LogP contribution is -1.87. The summed E-state index contributed by atoms with van der Waals surface area (Å²) in [6.45, 7) is 3.17. The Morgan fingerprint density at radius 2 is 2.44 bits per heavy atom. The number of halogens is 1. The van der Waals surface area contributed by atoms with Gasteiger partial charge in [0.1, 0.15) is 0 Å². The Morgan fingerprint density at radius 1 is 1.89 bits per heavy atom. The van der Waals surface area contributed by atoms with E-state index in [9.17, 15) is 4.57 Å². The van der Waals surface area contributed by atoms with E-state index in [1.165, 1.54) is 6.08 Å². The summed E-state index contributed by atoms with van der Waals surface area (Å²) in [7, 11) is -4.00. The molecule has 0 amide bonds. The van der Waals surface area contributed by atoms with Crippen molar-refractivity contribution in [3.8, 4) is 0 Å². The third-order valence-electron chi connectivity index (χ3n) is 0.443. The van der Waals surface area contributed by atoms with E-state index in [-0.39, 0.29) is 6.61 Å². The minimum atomic E-state index is -4.00. The van der Waals surface area contributed by atoms with Crippen molar-refractivity contribution in [1.82, 2.24) is 0 Å². The summed E-state index contributed by atoms with van der Waals surface area (Å²) < 4.78 is 18.0. The van der Waals surface area contributed by atoms with Crippen LogP contribution in [0, 0.1) is 0 Å². The summed E-state index contributed by atoms with van der Waals surface area (Å²) in [4.78, 5) is 8.39. The van der Waals surface area contributed by atoms with Crippen molar-refractivity contribution in [2.75, 3.05) is 6.61 Å². The second-order valence-electron chi connectivity index (χ2n) is 1.12. The quantitative estimate of drug-likeness (QED) is 0.515. The lowest BCUT2D eigenvalue weighted by Gasteiger charge is -2.02. The van der Waals surface area contributed by atoms with Crippen molar-refractivity contribution < 1.29 is 18.1 Å². The van der Waals surface area contributed by atoms with Gasteiger partial charge in [0.25, 0.3) is 0 Å². The van der Waals surface area contributed by atoms with Crippen LogP contribution in [0.25, 0.3) is 0 Å². The van der Waals surface area contributed by atoms with E-state index in [0.29, 0.717) is 0 Å². The molecule has 54 valence electrons. The molecule has 0 rings (SSSR count). The van der Waals surface area contributed by atoms with Crippen LogP contribution in [-0.2, 0) is 13.2 Å². The first-order chi connectivity index (χ1) is 4.12. The van der Waals surface area contributed by atoms with E-state index in [0.717, 1.165) is 0 Å². The van der Waals surface area contributed by atoms with Crippen LogP contribution in [0.2, 0.25) is 0 Å². The SMILES string of the molecule is C=CCOP(=O)(O)OCl. The van der Waals surface area contributed by atoms with Gasteiger partial charge in [0.15, 0.2) is 0 Å². The molecule has 0 aliphatic rings. The Balaban J connectivity index is 3.58. The van der Waals surface area contributed by atoms with Gasteiger partial charge >= 0.3 is 7.82 Å². The highest BCUT2D eigenvalue weighted by Gasteiger charge is 2.18. The average molecular weight is 173 g/mol. The second kappa shape index (κ2) is 4.04. The average Bonchev–Trinajstić information content (AvgIpc) is 1.84. The van der Waals surface area contributed by atoms with Gasteiger partial charge in [-0.05, 0) is 0 Å². The Hall–Kier alpha value is 0.140. The molecule has 0 spiro atoms. The lowest BCUT2D eigenvalue weighted by molar-refractivity contribution is 0.228. The van der Waals surface area contributed by atoms with Gasteiger partial charge in [-0.25, -0.2) is 4.57 Å². The maximum Gasteiger partial charge on any atom is 0.489 e. The third-order valence-corrected chi connectivity index (χ3v) is 1.62. The zero-order valence-corrected chi connectivity index (χ0v) is 6.14. The van der Waals surface area contributed by atoms with Gasteiger partial charge in [0.05, 0.1) is 18.5 Å². The van der Waals surface area contributed by atoms with Crippen LogP contribution < -0.4 is 0 Å². The third kappa shape index (κ3) is 4.63. The number of rotatable bonds is 4. The molecule has 0 fully saturated rings. The summed E-state index contributed by atoms with van der Waals surface area (Å²) >= 11 is 4.56. The standard InChI is InChI=1S/C3H6ClO4P/c1-2-3-7-9(5,6)8-4/h2H,1,3H2,(H,5,6). The van der Waals surface area contributed by atoms with Crippen LogP contribution in [0.5, 0.6) is 0 Å². The van der Waals surface area contributed by atoms with E-state index in [1.54, 1.807) is 0 Å². The van der Waals surface area contributed by atoms with E-state index >= 15 is 0 Å². The molecule has 0 aliphatic carbocycles. The lowest BCUT2D eigenvalue weighted by atomic mass is 10.7. The van der Waals surface area contributed by atoms with Crippen LogP contribution >= 0.6 is 19.7 Å². The van der Waals surface area contributed by atoms with Crippen molar-refractivity contribution in [2.45, 2.75) is 0 Å². The molecule has 0 heterocycles. The minimum absolute atomic E-state index is 0.0690. The summed E-state index contributed by atoms with van der Waals surface area (Å²) in [6, 6.07) is 0. The van der Waals surface area contributed by atoms with E-state index in [4.69, 9.17) is 4.89 Å². The Kier molecular flexibility index (Phi) is 4.10. The smallest absolute Gasteiger partial charge is 0.302 e. The molecular weight excluding hydrogens is 166 g/mol. The highest BCUT2D eigenvalue weighted by molar-refractivity contribution is 7.48. The van der Waals surface area contributed by atoms with Gasteiger partial charge in [-0.1, -0.05) is 6.08 Å². The molecule has 0 saturated heterocycles. The van der Waals surface area contributed by atoms with Crippen molar-refractivity contribution in [2.24, 2.45) is 0 Å². The number of phosphoric ester groups is 1. The van der Waals surface area contributed by atoms with Crippen LogP contribution in [0.15, 0.2) is 12.7 Å². The second-order valence-corrected chi connectivity index (χ2v) is 2.87. The number of hydrogen-bond donors (Lipinski definition) is 1. The Bertz CT molecular complexity index is 136. The molecule has 9 heavy (non-hydrogen) atoms. The van der Waals surface area contributed by atoms with Gasteiger partial charge < -0.3 is 4.89 Å². The maximum atomic E-state index is 10.3. The van der Waals surface area contributed by atoms with Crippen LogP contribution in [0.4, 0.5) is 0 Å². The fraction of sp³-hybridized carbons (Fsp3) is 0.333. The molecule has 1 N–H and O–H groups in total. The molecule has 6 heteroatoms. The fourth-order valence-corrected chi connectivity index (χ4v) is 0.620. The molecule has 0 radical (unpaired) electrons. The molecule has 0 aromatic carbocycles. The van der Waals surface area contributed by atoms with Gasteiger partial charge in [-0.3, -0.25) is 4.52 Å². The highest BCUT2D eigenvalue weighted by atomic mass is 35.5. The molecule has 1 unspecified atom stereocenters. The predicted molar refractivity (Wildman–Crippen MR) is 32.9 cm³/mol. The van der Waals surface area contributed by atoms with E-state index in [2.05, 4.69) is 27.0 Å². The van der Waals surface area contributed by atoms with Crippen LogP contribution in [0.1, 0.15) is 0 Å². The highest BCUT2D eigenvalue weighted by Crippen LogP contribution is 2.44. The largest absolute Gasteiger partial charge is 0.489 e. The molecule has 4 nitrogen and oxygen atoms in total. The molecule has 0 bridgehead atoms. The monoisotopic (exact) mass is 172 g/mol. The normalized spacial score (nSPS) is 16.7. The van der Waals surface area contributed by atoms with Crippen molar-refractivity contribution in [1.29, 1.82) is 0 Å². The van der Waals surface area contributed by atoms with Crippen molar-refractivity contribution in [3.63, 3.8) is 0 Å². The molecule has 0 aliphatic heterocycles. The summed E-state index contributed by atoms with van der Waals surface area (Å²) in [6.07, 6.45) is 1.30. The zero-order valence-electron chi connectivity index (χ0n) is 4.49. The maximum absolute atomic E-state index is 10.3. The molecule has 0 saturated carbocycles. The van der Waals surface area contributed by atoms with Gasteiger partial charge in [-0.2, -0.15) is 4.08 Å².